The quantitative estimate of drug-likeness (QED) is 0.750. The van der Waals surface area contributed by atoms with Crippen LogP contribution in [0.15, 0.2) is 0 Å². The zero-order valence-corrected chi connectivity index (χ0v) is 9.55. The van der Waals surface area contributed by atoms with E-state index < -0.39 is 0 Å². The van der Waals surface area contributed by atoms with Gasteiger partial charge in [-0.1, -0.05) is 12.8 Å². The molecule has 1 aliphatic carbocycles. The summed E-state index contributed by atoms with van der Waals surface area (Å²) in [6.07, 6.45) is 6.60. The number of carbonyl (C=O) groups excluding carboxylic acids is 1. The molecule has 0 aromatic heterocycles. The third-order valence-corrected chi connectivity index (χ3v) is 3.23. The molecule has 0 spiro atoms. The van der Waals surface area contributed by atoms with Crippen LogP contribution in [0.3, 0.4) is 0 Å². The number of carbonyl (C=O) groups is 1. The SMILES string of the molecule is CSCC(=O)N(CCO)C1CCCC1. The zero-order chi connectivity index (χ0) is 10.4. The molecule has 1 saturated carbocycles. The second-order valence-corrected chi connectivity index (χ2v) is 4.55. The van der Waals surface area contributed by atoms with E-state index in [9.17, 15) is 4.79 Å². The summed E-state index contributed by atoms with van der Waals surface area (Å²) in [5, 5.41) is 8.91. The lowest BCUT2D eigenvalue weighted by atomic mass is 10.2. The van der Waals surface area contributed by atoms with Crippen molar-refractivity contribution in [1.82, 2.24) is 4.90 Å². The van der Waals surface area contributed by atoms with Crippen LogP contribution in [0.2, 0.25) is 0 Å². The molecular formula is C10H19NO2S. The molecule has 1 rings (SSSR count). The van der Waals surface area contributed by atoms with E-state index in [0.717, 1.165) is 12.8 Å². The Hall–Kier alpha value is -0.220. The molecule has 82 valence electrons. The van der Waals surface area contributed by atoms with Crippen LogP contribution in [0, 0.1) is 0 Å². The molecule has 1 fully saturated rings. The molecule has 0 atom stereocenters. The second-order valence-electron chi connectivity index (χ2n) is 3.68. The minimum absolute atomic E-state index is 0.0800. The zero-order valence-electron chi connectivity index (χ0n) is 8.74. The van der Waals surface area contributed by atoms with Gasteiger partial charge in [0.1, 0.15) is 0 Å². The van der Waals surface area contributed by atoms with Gasteiger partial charge in [0, 0.05) is 12.6 Å². The molecule has 0 heterocycles. The Labute approximate surface area is 89.9 Å². The summed E-state index contributed by atoms with van der Waals surface area (Å²) in [7, 11) is 0. The highest BCUT2D eigenvalue weighted by molar-refractivity contribution is 7.99. The fraction of sp³-hybridized carbons (Fsp3) is 0.900. The molecule has 1 aliphatic rings. The minimum atomic E-state index is 0.0800. The fourth-order valence-corrected chi connectivity index (χ4v) is 2.45. The number of aliphatic hydroxyl groups is 1. The van der Waals surface area contributed by atoms with Crippen LogP contribution < -0.4 is 0 Å². The summed E-state index contributed by atoms with van der Waals surface area (Å²) in [6.45, 7) is 0.584. The molecule has 14 heavy (non-hydrogen) atoms. The molecule has 1 N–H and O–H groups in total. The largest absolute Gasteiger partial charge is 0.395 e. The van der Waals surface area contributed by atoms with Crippen LogP contribution in [0.4, 0.5) is 0 Å². The van der Waals surface area contributed by atoms with Gasteiger partial charge in [-0.05, 0) is 19.1 Å². The number of hydrogen-bond acceptors (Lipinski definition) is 3. The summed E-state index contributed by atoms with van der Waals surface area (Å²) in [5.41, 5.74) is 0. The summed E-state index contributed by atoms with van der Waals surface area (Å²) < 4.78 is 0. The Morgan fingerprint density at radius 2 is 2.14 bits per heavy atom. The number of thioether (sulfide) groups is 1. The van der Waals surface area contributed by atoms with Gasteiger partial charge in [0.05, 0.1) is 12.4 Å². The highest BCUT2D eigenvalue weighted by atomic mass is 32.2. The lowest BCUT2D eigenvalue weighted by molar-refractivity contribution is -0.131. The Morgan fingerprint density at radius 3 is 2.64 bits per heavy atom. The van der Waals surface area contributed by atoms with Crippen molar-refractivity contribution >= 4 is 17.7 Å². The standard InChI is InChI=1S/C10H19NO2S/c1-14-8-10(13)11(6-7-12)9-4-2-3-5-9/h9,12H,2-8H2,1H3. The topological polar surface area (TPSA) is 40.5 Å². The van der Waals surface area contributed by atoms with Crippen molar-refractivity contribution in [2.45, 2.75) is 31.7 Å². The van der Waals surface area contributed by atoms with Gasteiger partial charge < -0.3 is 10.0 Å². The normalized spacial score (nSPS) is 17.3. The monoisotopic (exact) mass is 217 g/mol. The highest BCUT2D eigenvalue weighted by Gasteiger charge is 2.25. The Bertz CT molecular complexity index is 181. The van der Waals surface area contributed by atoms with E-state index in [1.165, 1.54) is 12.8 Å². The second kappa shape index (κ2) is 6.30. The molecule has 0 aromatic rings. The number of nitrogens with zero attached hydrogens (tertiary/aromatic N) is 1. The van der Waals surface area contributed by atoms with Crippen LogP contribution in [0.25, 0.3) is 0 Å². The summed E-state index contributed by atoms with van der Waals surface area (Å²) >= 11 is 1.55. The van der Waals surface area contributed by atoms with E-state index in [2.05, 4.69) is 0 Å². The first-order chi connectivity index (χ1) is 6.79. The third-order valence-electron chi connectivity index (χ3n) is 2.69. The molecule has 0 aromatic carbocycles. The maximum Gasteiger partial charge on any atom is 0.232 e. The number of amides is 1. The Morgan fingerprint density at radius 1 is 1.50 bits per heavy atom. The molecule has 1 amide bonds. The predicted octanol–water partition coefficient (Wildman–Crippen LogP) is 1.11. The van der Waals surface area contributed by atoms with E-state index in [1.54, 1.807) is 11.8 Å². The van der Waals surface area contributed by atoms with Gasteiger partial charge in [0.15, 0.2) is 0 Å². The van der Waals surface area contributed by atoms with Crippen molar-refractivity contribution in [3.05, 3.63) is 0 Å². The van der Waals surface area contributed by atoms with E-state index in [0.29, 0.717) is 18.3 Å². The first kappa shape index (κ1) is 11.9. The first-order valence-corrected chi connectivity index (χ1v) is 6.58. The van der Waals surface area contributed by atoms with E-state index >= 15 is 0 Å². The molecule has 3 nitrogen and oxygen atoms in total. The van der Waals surface area contributed by atoms with E-state index in [-0.39, 0.29) is 12.5 Å². The van der Waals surface area contributed by atoms with Gasteiger partial charge in [-0.15, -0.1) is 0 Å². The maximum atomic E-state index is 11.7. The van der Waals surface area contributed by atoms with Gasteiger partial charge in [-0.2, -0.15) is 11.8 Å². The average Bonchev–Trinajstić information content (AvgIpc) is 2.67. The van der Waals surface area contributed by atoms with Crippen LogP contribution >= 0.6 is 11.8 Å². The molecule has 0 bridgehead atoms. The molecular weight excluding hydrogens is 198 g/mol. The lowest BCUT2D eigenvalue weighted by Gasteiger charge is -2.28. The van der Waals surface area contributed by atoms with E-state index in [4.69, 9.17) is 5.11 Å². The van der Waals surface area contributed by atoms with Crippen molar-refractivity contribution in [1.29, 1.82) is 0 Å². The number of hydrogen-bond donors (Lipinski definition) is 1. The molecule has 0 radical (unpaired) electrons. The molecule has 0 saturated heterocycles. The van der Waals surface area contributed by atoms with Gasteiger partial charge in [0.2, 0.25) is 5.91 Å². The van der Waals surface area contributed by atoms with Crippen molar-refractivity contribution < 1.29 is 9.90 Å². The predicted molar refractivity (Wildman–Crippen MR) is 59.4 cm³/mol. The molecule has 0 unspecified atom stereocenters. The highest BCUT2D eigenvalue weighted by Crippen LogP contribution is 2.23. The van der Waals surface area contributed by atoms with Crippen LogP contribution in [0.1, 0.15) is 25.7 Å². The summed E-state index contributed by atoms with van der Waals surface area (Å²) in [6, 6.07) is 0.391. The maximum absolute atomic E-state index is 11.7. The fourth-order valence-electron chi connectivity index (χ4n) is 2.04. The van der Waals surface area contributed by atoms with Crippen LogP contribution in [-0.4, -0.2) is 47.1 Å². The average molecular weight is 217 g/mol. The van der Waals surface area contributed by atoms with Crippen LogP contribution in [0.5, 0.6) is 0 Å². The van der Waals surface area contributed by atoms with Gasteiger partial charge in [0.25, 0.3) is 0 Å². The van der Waals surface area contributed by atoms with Crippen molar-refractivity contribution in [2.24, 2.45) is 0 Å². The number of aliphatic hydroxyl groups excluding tert-OH is 1. The minimum Gasteiger partial charge on any atom is -0.395 e. The summed E-state index contributed by atoms with van der Waals surface area (Å²) in [5.74, 6) is 0.717. The first-order valence-electron chi connectivity index (χ1n) is 5.19. The Balaban J connectivity index is 2.48. The smallest absolute Gasteiger partial charge is 0.232 e. The molecule has 4 heteroatoms. The van der Waals surface area contributed by atoms with Crippen molar-refractivity contribution in [2.75, 3.05) is 25.2 Å². The van der Waals surface area contributed by atoms with Crippen molar-refractivity contribution in [3.63, 3.8) is 0 Å². The molecule has 0 aliphatic heterocycles. The Kier molecular flexibility index (Phi) is 5.33. The van der Waals surface area contributed by atoms with Crippen molar-refractivity contribution in [3.8, 4) is 0 Å². The lowest BCUT2D eigenvalue weighted by Crippen LogP contribution is -2.41. The van der Waals surface area contributed by atoms with Gasteiger partial charge in [-0.3, -0.25) is 4.79 Å². The van der Waals surface area contributed by atoms with Gasteiger partial charge >= 0.3 is 0 Å². The van der Waals surface area contributed by atoms with Crippen LogP contribution in [-0.2, 0) is 4.79 Å². The number of rotatable bonds is 5. The third kappa shape index (κ3) is 3.17. The summed E-state index contributed by atoms with van der Waals surface area (Å²) in [4.78, 5) is 13.6. The van der Waals surface area contributed by atoms with E-state index in [1.807, 2.05) is 11.2 Å². The van der Waals surface area contributed by atoms with Gasteiger partial charge in [-0.25, -0.2) is 0 Å².